The molecule has 2 saturated heterocycles. The van der Waals surface area contributed by atoms with Crippen LogP contribution < -0.4 is 0 Å². The van der Waals surface area contributed by atoms with E-state index in [1.807, 2.05) is 28.8 Å². The standard InChI is InChI=1S/C17H25N3OS/c1-19-8-4-5-14(12-19)13-22-16-7-6-15(11-18-16)17(21)20-9-2-3-10-20/h6-7,11,14H,2-5,8-10,12-13H2,1H3. The summed E-state index contributed by atoms with van der Waals surface area (Å²) in [5, 5.41) is 1.03. The fourth-order valence-corrected chi connectivity index (χ4v) is 4.28. The first-order valence-corrected chi connectivity index (χ1v) is 9.27. The zero-order valence-corrected chi connectivity index (χ0v) is 14.1. The normalized spacial score (nSPS) is 23.0. The van der Waals surface area contributed by atoms with Gasteiger partial charge in [0.15, 0.2) is 0 Å². The van der Waals surface area contributed by atoms with Gasteiger partial charge in [0.2, 0.25) is 0 Å². The van der Waals surface area contributed by atoms with Crippen LogP contribution in [0.5, 0.6) is 0 Å². The SMILES string of the molecule is CN1CCCC(CSc2ccc(C(=O)N3CCCC3)cn2)C1. The van der Waals surface area contributed by atoms with Gasteiger partial charge in [-0.15, -0.1) is 11.8 Å². The number of carbonyl (C=O) groups excluding carboxylic acids is 1. The summed E-state index contributed by atoms with van der Waals surface area (Å²) >= 11 is 1.82. The van der Waals surface area contributed by atoms with Gasteiger partial charge in [-0.05, 0) is 57.3 Å². The molecule has 1 aromatic rings. The van der Waals surface area contributed by atoms with Crippen molar-refractivity contribution in [3.05, 3.63) is 23.9 Å². The molecule has 2 fully saturated rings. The average Bonchev–Trinajstić information content (AvgIpc) is 3.07. The topological polar surface area (TPSA) is 36.4 Å². The van der Waals surface area contributed by atoms with Crippen LogP contribution >= 0.6 is 11.8 Å². The van der Waals surface area contributed by atoms with Crippen LogP contribution in [-0.2, 0) is 0 Å². The van der Waals surface area contributed by atoms with Gasteiger partial charge in [-0.2, -0.15) is 0 Å². The van der Waals surface area contributed by atoms with Crippen LogP contribution in [0.3, 0.4) is 0 Å². The third kappa shape index (κ3) is 4.02. The molecule has 3 rings (SSSR count). The summed E-state index contributed by atoms with van der Waals surface area (Å²) in [6, 6.07) is 3.93. The van der Waals surface area contributed by atoms with Crippen molar-refractivity contribution in [3.8, 4) is 0 Å². The maximum atomic E-state index is 12.3. The minimum atomic E-state index is 0.135. The van der Waals surface area contributed by atoms with Crippen molar-refractivity contribution < 1.29 is 4.79 Å². The lowest BCUT2D eigenvalue weighted by atomic mass is 10.0. The summed E-state index contributed by atoms with van der Waals surface area (Å²) in [5.74, 6) is 2.02. The lowest BCUT2D eigenvalue weighted by Crippen LogP contribution is -2.33. The fourth-order valence-electron chi connectivity index (χ4n) is 3.31. The van der Waals surface area contributed by atoms with Crippen molar-refractivity contribution in [1.82, 2.24) is 14.8 Å². The maximum Gasteiger partial charge on any atom is 0.255 e. The van der Waals surface area contributed by atoms with E-state index >= 15 is 0 Å². The smallest absolute Gasteiger partial charge is 0.255 e. The van der Waals surface area contributed by atoms with E-state index in [4.69, 9.17) is 0 Å². The maximum absolute atomic E-state index is 12.3. The second-order valence-corrected chi connectivity index (χ2v) is 7.51. The first-order chi connectivity index (χ1) is 10.7. The van der Waals surface area contributed by atoms with E-state index in [0.717, 1.165) is 48.2 Å². The van der Waals surface area contributed by atoms with E-state index in [2.05, 4.69) is 16.9 Å². The van der Waals surface area contributed by atoms with Gasteiger partial charge in [-0.1, -0.05) is 0 Å². The highest BCUT2D eigenvalue weighted by atomic mass is 32.2. The predicted molar refractivity (Wildman–Crippen MR) is 90.3 cm³/mol. The first-order valence-electron chi connectivity index (χ1n) is 8.29. The Balaban J connectivity index is 1.51. The number of hydrogen-bond acceptors (Lipinski definition) is 4. The van der Waals surface area contributed by atoms with E-state index in [1.54, 1.807) is 6.20 Å². The van der Waals surface area contributed by atoms with Crippen LogP contribution in [0, 0.1) is 5.92 Å². The van der Waals surface area contributed by atoms with E-state index < -0.39 is 0 Å². The molecule has 0 radical (unpaired) electrons. The number of carbonyl (C=O) groups is 1. The Labute approximate surface area is 137 Å². The minimum Gasteiger partial charge on any atom is -0.339 e. The van der Waals surface area contributed by atoms with Gasteiger partial charge < -0.3 is 9.80 Å². The van der Waals surface area contributed by atoms with Crippen LogP contribution in [0.2, 0.25) is 0 Å². The number of pyridine rings is 1. The van der Waals surface area contributed by atoms with Crippen LogP contribution in [0.1, 0.15) is 36.0 Å². The largest absolute Gasteiger partial charge is 0.339 e. The van der Waals surface area contributed by atoms with Crippen molar-refractivity contribution in [2.45, 2.75) is 30.7 Å². The van der Waals surface area contributed by atoms with Crippen molar-refractivity contribution in [3.63, 3.8) is 0 Å². The number of thioether (sulfide) groups is 1. The molecule has 0 aliphatic carbocycles. The van der Waals surface area contributed by atoms with Crippen molar-refractivity contribution in [1.29, 1.82) is 0 Å². The molecule has 2 aliphatic rings. The molecule has 0 aromatic carbocycles. The molecule has 22 heavy (non-hydrogen) atoms. The fraction of sp³-hybridized carbons (Fsp3) is 0.647. The van der Waals surface area contributed by atoms with Gasteiger partial charge in [0.05, 0.1) is 10.6 Å². The number of piperidine rings is 1. The second-order valence-electron chi connectivity index (χ2n) is 6.47. The summed E-state index contributed by atoms with van der Waals surface area (Å²) in [6.45, 7) is 4.21. The number of likely N-dealkylation sites (tertiary alicyclic amines) is 2. The van der Waals surface area contributed by atoms with E-state index in [0.29, 0.717) is 0 Å². The molecule has 3 heterocycles. The molecule has 1 amide bonds. The second kappa shape index (κ2) is 7.47. The molecule has 1 aromatic heterocycles. The quantitative estimate of drug-likeness (QED) is 0.800. The Kier molecular flexibility index (Phi) is 5.37. The van der Waals surface area contributed by atoms with Gasteiger partial charge >= 0.3 is 0 Å². The van der Waals surface area contributed by atoms with E-state index in [1.165, 1.54) is 25.9 Å². The lowest BCUT2D eigenvalue weighted by Gasteiger charge is -2.29. The Morgan fingerprint density at radius 1 is 1.27 bits per heavy atom. The van der Waals surface area contributed by atoms with Gasteiger partial charge in [0, 0.05) is 31.6 Å². The Morgan fingerprint density at radius 3 is 2.77 bits per heavy atom. The van der Waals surface area contributed by atoms with Crippen LogP contribution in [0.25, 0.3) is 0 Å². The number of hydrogen-bond donors (Lipinski definition) is 0. The first kappa shape index (κ1) is 15.8. The highest BCUT2D eigenvalue weighted by Crippen LogP contribution is 2.24. The predicted octanol–water partition coefficient (Wildman–Crippen LogP) is 2.75. The summed E-state index contributed by atoms with van der Waals surface area (Å²) in [6.07, 6.45) is 6.63. The molecule has 2 aliphatic heterocycles. The van der Waals surface area contributed by atoms with Crippen molar-refractivity contribution >= 4 is 17.7 Å². The van der Waals surface area contributed by atoms with Gasteiger partial charge in [0.25, 0.3) is 5.91 Å². The molecular weight excluding hydrogens is 294 g/mol. The third-order valence-corrected chi connectivity index (χ3v) is 5.74. The highest BCUT2D eigenvalue weighted by Gasteiger charge is 2.20. The van der Waals surface area contributed by atoms with Crippen molar-refractivity contribution in [2.75, 3.05) is 39.0 Å². The van der Waals surface area contributed by atoms with E-state index in [9.17, 15) is 4.79 Å². The lowest BCUT2D eigenvalue weighted by molar-refractivity contribution is 0.0792. The van der Waals surface area contributed by atoms with Crippen LogP contribution in [0.4, 0.5) is 0 Å². The van der Waals surface area contributed by atoms with Crippen LogP contribution in [0.15, 0.2) is 23.4 Å². The number of aromatic nitrogens is 1. The Morgan fingerprint density at radius 2 is 2.09 bits per heavy atom. The monoisotopic (exact) mass is 319 g/mol. The molecule has 1 unspecified atom stereocenters. The molecule has 1 atom stereocenters. The van der Waals surface area contributed by atoms with Gasteiger partial charge in [0.1, 0.15) is 0 Å². The molecule has 4 nitrogen and oxygen atoms in total. The van der Waals surface area contributed by atoms with Gasteiger partial charge in [-0.3, -0.25) is 4.79 Å². The molecular formula is C17H25N3OS. The summed E-state index contributed by atoms with van der Waals surface area (Å²) in [5.41, 5.74) is 0.726. The Bertz CT molecular complexity index is 499. The van der Waals surface area contributed by atoms with Crippen molar-refractivity contribution in [2.24, 2.45) is 5.92 Å². The molecule has 0 spiro atoms. The third-order valence-electron chi connectivity index (χ3n) is 4.57. The molecule has 0 N–H and O–H groups in total. The number of amides is 1. The summed E-state index contributed by atoms with van der Waals surface area (Å²) < 4.78 is 0. The zero-order chi connectivity index (χ0) is 15.4. The molecule has 5 heteroatoms. The minimum absolute atomic E-state index is 0.135. The van der Waals surface area contributed by atoms with Crippen LogP contribution in [-0.4, -0.2) is 59.7 Å². The Hall–Kier alpha value is -1.07. The van der Waals surface area contributed by atoms with E-state index in [-0.39, 0.29) is 5.91 Å². The molecule has 0 bridgehead atoms. The molecule has 0 saturated carbocycles. The van der Waals surface area contributed by atoms with Gasteiger partial charge in [-0.25, -0.2) is 4.98 Å². The highest BCUT2D eigenvalue weighted by molar-refractivity contribution is 7.99. The average molecular weight is 319 g/mol. The summed E-state index contributed by atoms with van der Waals surface area (Å²) in [7, 11) is 2.20. The zero-order valence-electron chi connectivity index (χ0n) is 13.3. The summed E-state index contributed by atoms with van der Waals surface area (Å²) in [4.78, 5) is 21.1. The molecule has 120 valence electrons. The number of rotatable bonds is 4. The number of nitrogens with zero attached hydrogens (tertiary/aromatic N) is 3.